The van der Waals surface area contributed by atoms with E-state index in [0.29, 0.717) is 0 Å². The van der Waals surface area contributed by atoms with Crippen molar-refractivity contribution in [3.8, 4) is 0 Å². The van der Waals surface area contributed by atoms with E-state index in [2.05, 4.69) is 97.9 Å². The molecule has 3 aromatic rings. The van der Waals surface area contributed by atoms with Gasteiger partial charge in [0, 0.05) is 0 Å². The molecule has 3 rings (SSSR count). The summed E-state index contributed by atoms with van der Waals surface area (Å²) in [5, 5.41) is 4.64. The molecule has 0 nitrogen and oxygen atoms in total. The van der Waals surface area contributed by atoms with Crippen molar-refractivity contribution >= 4 is 31.8 Å². The molecule has 0 amide bonds. The molecule has 0 aliphatic heterocycles. The Morgan fingerprint density at radius 1 is 0.452 bits per heavy atom. The molecule has 0 aliphatic rings. The van der Waals surface area contributed by atoms with Gasteiger partial charge in [0.15, 0.2) is 0 Å². The van der Waals surface area contributed by atoms with Crippen LogP contribution in [0, 0.1) is 0 Å². The molecule has 0 spiro atoms. The molecule has 0 fully saturated rings. The van der Waals surface area contributed by atoms with Crippen molar-refractivity contribution in [2.24, 2.45) is 0 Å². The van der Waals surface area contributed by atoms with Crippen molar-refractivity contribution in [2.45, 2.75) is 51.9 Å². The minimum Gasteiger partial charge on any atom is -0.0753 e. The first-order valence-corrected chi connectivity index (χ1v) is 15.3. The maximum absolute atomic E-state index is 2.37. The summed E-state index contributed by atoms with van der Waals surface area (Å²) in [6.45, 7) is 2.30. The quantitative estimate of drug-likeness (QED) is 0.175. The standard InChI is InChI=1S/C29H38P2/c1-2-3-4-5-6-16-24-30(27-18-10-7-11-19-27)25-17-26-31(28-20-12-8-13-21-28)29-22-14-9-15-23-29/h7-15,18-23H,2-6,16-17,24-26H2,1H3. The predicted molar refractivity (Wildman–Crippen MR) is 145 cm³/mol. The van der Waals surface area contributed by atoms with E-state index < -0.39 is 0 Å². The molecule has 0 aromatic heterocycles. The highest BCUT2D eigenvalue weighted by Crippen LogP contribution is 2.40. The van der Waals surface area contributed by atoms with Gasteiger partial charge in [-0.05, 0) is 55.2 Å². The lowest BCUT2D eigenvalue weighted by molar-refractivity contribution is 0.626. The number of hydrogen-bond donors (Lipinski definition) is 0. The summed E-state index contributed by atoms with van der Waals surface area (Å²) in [5.74, 6) is 0. The highest BCUT2D eigenvalue weighted by molar-refractivity contribution is 7.73. The first-order valence-electron chi connectivity index (χ1n) is 12.1. The maximum atomic E-state index is 2.37. The Morgan fingerprint density at radius 2 is 0.903 bits per heavy atom. The monoisotopic (exact) mass is 448 g/mol. The van der Waals surface area contributed by atoms with Gasteiger partial charge in [0.2, 0.25) is 0 Å². The van der Waals surface area contributed by atoms with Crippen LogP contribution in [0.4, 0.5) is 0 Å². The van der Waals surface area contributed by atoms with Crippen LogP contribution in [0.2, 0.25) is 0 Å². The van der Waals surface area contributed by atoms with Crippen LogP contribution in [0.3, 0.4) is 0 Å². The SMILES string of the molecule is CCCCCCCCP(CCCP(c1ccccc1)c1ccccc1)c1ccccc1. The molecule has 0 aliphatic carbocycles. The number of hydrogen-bond acceptors (Lipinski definition) is 0. The molecular formula is C29H38P2. The average Bonchev–Trinajstić information content (AvgIpc) is 2.84. The number of unbranched alkanes of at least 4 members (excludes halogenated alkanes) is 5. The minimum absolute atomic E-state index is 0.0384. The first kappa shape index (κ1) is 24.2. The van der Waals surface area contributed by atoms with Crippen molar-refractivity contribution in [3.63, 3.8) is 0 Å². The molecule has 2 heteroatoms. The lowest BCUT2D eigenvalue weighted by Crippen LogP contribution is -2.15. The van der Waals surface area contributed by atoms with Gasteiger partial charge >= 0.3 is 0 Å². The fourth-order valence-electron chi connectivity index (χ4n) is 4.13. The highest BCUT2D eigenvalue weighted by atomic mass is 31.1. The summed E-state index contributed by atoms with van der Waals surface area (Å²) < 4.78 is 0. The molecule has 0 radical (unpaired) electrons. The fraction of sp³-hybridized carbons (Fsp3) is 0.379. The molecule has 0 N–H and O–H groups in total. The van der Waals surface area contributed by atoms with Crippen LogP contribution >= 0.6 is 15.8 Å². The van der Waals surface area contributed by atoms with Crippen molar-refractivity contribution in [3.05, 3.63) is 91.0 Å². The van der Waals surface area contributed by atoms with Gasteiger partial charge in [0.25, 0.3) is 0 Å². The molecule has 31 heavy (non-hydrogen) atoms. The molecule has 3 aromatic carbocycles. The van der Waals surface area contributed by atoms with Gasteiger partial charge in [-0.15, -0.1) is 0 Å². The van der Waals surface area contributed by atoms with Crippen molar-refractivity contribution < 1.29 is 0 Å². The Bertz CT molecular complexity index is 778. The summed E-state index contributed by atoms with van der Waals surface area (Å²) in [6, 6.07) is 33.7. The second kappa shape index (κ2) is 14.6. The summed E-state index contributed by atoms with van der Waals surface area (Å²) in [5.41, 5.74) is 0. The Balaban J connectivity index is 1.60. The van der Waals surface area contributed by atoms with E-state index in [4.69, 9.17) is 0 Å². The van der Waals surface area contributed by atoms with E-state index in [9.17, 15) is 0 Å². The van der Waals surface area contributed by atoms with Crippen LogP contribution in [-0.2, 0) is 0 Å². The highest BCUT2D eigenvalue weighted by Gasteiger charge is 2.16. The van der Waals surface area contributed by atoms with Gasteiger partial charge < -0.3 is 0 Å². The second-order valence-corrected chi connectivity index (χ2v) is 13.1. The molecular weight excluding hydrogens is 410 g/mol. The lowest BCUT2D eigenvalue weighted by Gasteiger charge is -2.22. The first-order chi connectivity index (χ1) is 15.4. The lowest BCUT2D eigenvalue weighted by atomic mass is 10.1. The molecule has 1 atom stereocenters. The van der Waals surface area contributed by atoms with E-state index in [-0.39, 0.29) is 15.8 Å². The van der Waals surface area contributed by atoms with Gasteiger partial charge in [0.05, 0.1) is 0 Å². The van der Waals surface area contributed by atoms with Crippen LogP contribution in [0.1, 0.15) is 51.9 Å². The molecule has 0 saturated heterocycles. The van der Waals surface area contributed by atoms with E-state index in [0.717, 1.165) is 0 Å². The Hall–Kier alpha value is -1.48. The fourth-order valence-corrected chi connectivity index (χ4v) is 9.22. The van der Waals surface area contributed by atoms with Crippen LogP contribution in [0.15, 0.2) is 91.0 Å². The molecule has 0 heterocycles. The molecule has 164 valence electrons. The van der Waals surface area contributed by atoms with Gasteiger partial charge in [0.1, 0.15) is 0 Å². The van der Waals surface area contributed by atoms with E-state index in [1.807, 2.05) is 0 Å². The zero-order valence-electron chi connectivity index (χ0n) is 19.1. The largest absolute Gasteiger partial charge is 0.0753 e. The molecule has 0 bridgehead atoms. The van der Waals surface area contributed by atoms with E-state index in [1.54, 1.807) is 5.30 Å². The summed E-state index contributed by atoms with van der Waals surface area (Å²) in [6.07, 6.45) is 13.8. The van der Waals surface area contributed by atoms with Crippen LogP contribution in [-0.4, -0.2) is 18.5 Å². The Morgan fingerprint density at radius 3 is 1.45 bits per heavy atom. The average molecular weight is 449 g/mol. The smallest absolute Gasteiger partial charge is 0.0195 e. The molecule has 1 unspecified atom stereocenters. The van der Waals surface area contributed by atoms with Crippen LogP contribution in [0.25, 0.3) is 0 Å². The van der Waals surface area contributed by atoms with Crippen molar-refractivity contribution in [1.82, 2.24) is 0 Å². The summed E-state index contributed by atoms with van der Waals surface area (Å²) in [4.78, 5) is 0. The zero-order chi connectivity index (χ0) is 21.6. The van der Waals surface area contributed by atoms with E-state index >= 15 is 0 Å². The second-order valence-electron chi connectivity index (χ2n) is 8.27. The maximum Gasteiger partial charge on any atom is -0.0195 e. The van der Waals surface area contributed by atoms with Crippen LogP contribution in [0.5, 0.6) is 0 Å². The van der Waals surface area contributed by atoms with Gasteiger partial charge in [-0.2, -0.15) is 0 Å². The van der Waals surface area contributed by atoms with Gasteiger partial charge in [-0.3, -0.25) is 0 Å². The normalized spacial score (nSPS) is 12.2. The van der Waals surface area contributed by atoms with Crippen molar-refractivity contribution in [2.75, 3.05) is 18.5 Å². The summed E-state index contributed by atoms with van der Waals surface area (Å²) >= 11 is 0. The predicted octanol–water partition coefficient (Wildman–Crippen LogP) is 7.68. The molecule has 0 saturated carbocycles. The third-order valence-corrected chi connectivity index (χ3v) is 11.2. The summed E-state index contributed by atoms with van der Waals surface area (Å²) in [7, 11) is -0.301. The van der Waals surface area contributed by atoms with Crippen LogP contribution < -0.4 is 15.9 Å². The van der Waals surface area contributed by atoms with Gasteiger partial charge in [-0.1, -0.05) is 138 Å². The van der Waals surface area contributed by atoms with E-state index in [1.165, 1.54) is 74.0 Å². The Labute approximate surface area is 193 Å². The number of rotatable bonds is 14. The topological polar surface area (TPSA) is 0 Å². The van der Waals surface area contributed by atoms with Crippen molar-refractivity contribution in [1.29, 1.82) is 0 Å². The third kappa shape index (κ3) is 8.52. The Kier molecular flexibility index (Phi) is 11.3. The van der Waals surface area contributed by atoms with Gasteiger partial charge in [-0.25, -0.2) is 0 Å². The minimum atomic E-state index is -0.263. The zero-order valence-corrected chi connectivity index (χ0v) is 20.9. The third-order valence-electron chi connectivity index (χ3n) is 5.85. The number of benzene rings is 3.